The highest BCUT2D eigenvalue weighted by Gasteiger charge is 2.20. The molecule has 0 bridgehead atoms. The van der Waals surface area contributed by atoms with E-state index in [1.807, 2.05) is 59.9 Å². The Hall–Kier alpha value is -6.54. The number of nitrogens with zero attached hydrogens (tertiary/aromatic N) is 7. The van der Waals surface area contributed by atoms with Crippen molar-refractivity contribution in [2.75, 3.05) is 31.8 Å². The highest BCUT2D eigenvalue weighted by atomic mass is 19.1. The van der Waals surface area contributed by atoms with Gasteiger partial charge in [0, 0.05) is 29.1 Å². The number of methoxy groups -OCH3 is 1. The molecule has 0 unspecified atom stereocenters. The molecule has 2 N–H and O–H groups in total. The van der Waals surface area contributed by atoms with Gasteiger partial charge in [-0.3, -0.25) is 9.20 Å². The minimum absolute atomic E-state index is 0.184. The summed E-state index contributed by atoms with van der Waals surface area (Å²) in [7, 11) is 5.39. The second-order valence-corrected chi connectivity index (χ2v) is 11.4. The van der Waals surface area contributed by atoms with E-state index < -0.39 is 23.2 Å². The molecule has 14 heteroatoms. The van der Waals surface area contributed by atoms with Gasteiger partial charge in [0.05, 0.1) is 36.4 Å². The molecule has 50 heavy (non-hydrogen) atoms. The number of hydrogen-bond acceptors (Lipinski definition) is 10. The van der Waals surface area contributed by atoms with Crippen molar-refractivity contribution in [1.82, 2.24) is 34.4 Å². The van der Waals surface area contributed by atoms with Crippen LogP contribution in [0.25, 0.3) is 39.7 Å². The third kappa shape index (κ3) is 6.47. The van der Waals surface area contributed by atoms with E-state index in [9.17, 15) is 13.6 Å². The van der Waals surface area contributed by atoms with Gasteiger partial charge in [0.25, 0.3) is 5.91 Å². The molecule has 0 atom stereocenters. The Balaban J connectivity index is 1.21. The van der Waals surface area contributed by atoms with Crippen LogP contribution in [-0.2, 0) is 6.54 Å². The number of carbonyl (C=O) groups is 1. The molecular formula is C36H29F2N9O3. The zero-order valence-electron chi connectivity index (χ0n) is 27.1. The second kappa shape index (κ2) is 13.5. The fourth-order valence-electron chi connectivity index (χ4n) is 5.36. The molecule has 0 aliphatic carbocycles. The molecule has 4 aromatic heterocycles. The lowest BCUT2D eigenvalue weighted by Crippen LogP contribution is -2.14. The van der Waals surface area contributed by atoms with E-state index >= 15 is 0 Å². The first-order valence-electron chi connectivity index (χ1n) is 15.4. The van der Waals surface area contributed by atoms with E-state index in [0.717, 1.165) is 12.1 Å². The van der Waals surface area contributed by atoms with Gasteiger partial charge in [-0.15, -0.1) is 10.2 Å². The van der Waals surface area contributed by atoms with Crippen LogP contribution in [0.15, 0.2) is 102 Å². The third-order valence-electron chi connectivity index (χ3n) is 7.64. The fourth-order valence-corrected chi connectivity index (χ4v) is 5.36. The van der Waals surface area contributed by atoms with E-state index in [1.54, 1.807) is 49.7 Å². The van der Waals surface area contributed by atoms with E-state index in [-0.39, 0.29) is 11.5 Å². The average Bonchev–Trinajstić information content (AvgIpc) is 3.75. The number of fused-ring (bicyclic) bond motifs is 1. The summed E-state index contributed by atoms with van der Waals surface area (Å²) in [5, 5.41) is 13.8. The van der Waals surface area contributed by atoms with Crippen LogP contribution in [-0.4, -0.2) is 61.6 Å². The van der Waals surface area contributed by atoms with Crippen molar-refractivity contribution in [2.24, 2.45) is 0 Å². The molecule has 0 fully saturated rings. The number of ether oxygens (including phenoxy) is 1. The monoisotopic (exact) mass is 673 g/mol. The Bertz CT molecular complexity index is 2340. The van der Waals surface area contributed by atoms with Gasteiger partial charge in [-0.05, 0) is 74.8 Å². The number of benzene rings is 3. The van der Waals surface area contributed by atoms with Crippen molar-refractivity contribution in [3.05, 3.63) is 120 Å². The van der Waals surface area contributed by atoms with Crippen molar-refractivity contribution in [3.8, 4) is 39.8 Å². The molecule has 0 aliphatic rings. The highest BCUT2D eigenvalue weighted by Crippen LogP contribution is 2.35. The maximum Gasteiger partial charge on any atom is 0.255 e. The molecule has 0 spiro atoms. The molecular weight excluding hydrogens is 644 g/mol. The van der Waals surface area contributed by atoms with Crippen LogP contribution >= 0.6 is 0 Å². The van der Waals surface area contributed by atoms with E-state index in [2.05, 4.69) is 25.8 Å². The maximum absolute atomic E-state index is 14.3. The summed E-state index contributed by atoms with van der Waals surface area (Å²) in [6.07, 6.45) is 3.48. The number of amides is 1. The quantitative estimate of drug-likeness (QED) is 0.159. The molecule has 7 aromatic rings. The summed E-state index contributed by atoms with van der Waals surface area (Å²) < 4.78 is 41.9. The maximum atomic E-state index is 14.3. The molecule has 250 valence electrons. The summed E-state index contributed by atoms with van der Waals surface area (Å²) in [6.45, 7) is 0.517. The summed E-state index contributed by atoms with van der Waals surface area (Å²) in [4.78, 5) is 29.2. The minimum Gasteiger partial charge on any atom is -0.495 e. The van der Waals surface area contributed by atoms with E-state index in [1.165, 1.54) is 6.07 Å². The molecule has 0 aliphatic heterocycles. The van der Waals surface area contributed by atoms with E-state index in [4.69, 9.17) is 19.1 Å². The Morgan fingerprint density at radius 2 is 1.74 bits per heavy atom. The zero-order valence-corrected chi connectivity index (χ0v) is 27.1. The lowest BCUT2D eigenvalue weighted by atomic mass is 10.0. The first-order chi connectivity index (χ1) is 24.3. The molecule has 4 heterocycles. The Morgan fingerprint density at radius 1 is 0.920 bits per heavy atom. The van der Waals surface area contributed by atoms with Crippen LogP contribution in [0.1, 0.15) is 16.2 Å². The lowest BCUT2D eigenvalue weighted by Gasteiger charge is -2.12. The lowest BCUT2D eigenvalue weighted by molar-refractivity contribution is 0.102. The predicted octanol–water partition coefficient (Wildman–Crippen LogP) is 6.85. The topological polar surface area (TPSA) is 136 Å². The normalized spacial score (nSPS) is 11.2. The van der Waals surface area contributed by atoms with Crippen molar-refractivity contribution < 1.29 is 22.7 Å². The summed E-state index contributed by atoms with van der Waals surface area (Å²) in [5.74, 6) is -0.772. The smallest absolute Gasteiger partial charge is 0.255 e. The number of pyridine rings is 1. The number of imidazole rings is 1. The van der Waals surface area contributed by atoms with Crippen LogP contribution in [0.3, 0.4) is 0 Å². The molecule has 12 nitrogen and oxygen atoms in total. The highest BCUT2D eigenvalue weighted by molar-refractivity contribution is 6.05. The third-order valence-corrected chi connectivity index (χ3v) is 7.64. The molecule has 3 aromatic carbocycles. The number of anilines is 3. The second-order valence-electron chi connectivity index (χ2n) is 11.4. The van der Waals surface area contributed by atoms with Crippen LogP contribution in [0.2, 0.25) is 0 Å². The van der Waals surface area contributed by atoms with Crippen LogP contribution in [0, 0.1) is 11.6 Å². The average molecular weight is 674 g/mol. The van der Waals surface area contributed by atoms with Gasteiger partial charge in [-0.1, -0.05) is 24.3 Å². The van der Waals surface area contributed by atoms with Gasteiger partial charge in [-0.25, -0.2) is 23.7 Å². The first kappa shape index (κ1) is 32.0. The summed E-state index contributed by atoms with van der Waals surface area (Å²) >= 11 is 0. The summed E-state index contributed by atoms with van der Waals surface area (Å²) in [5.41, 5.74) is 3.88. The number of carbonyl (C=O) groups excluding carboxylic acids is 1. The van der Waals surface area contributed by atoms with Crippen molar-refractivity contribution in [3.63, 3.8) is 0 Å². The minimum atomic E-state index is -0.875. The van der Waals surface area contributed by atoms with Crippen LogP contribution in [0.5, 0.6) is 5.75 Å². The summed E-state index contributed by atoms with van der Waals surface area (Å²) in [6, 6.07) is 22.8. The largest absolute Gasteiger partial charge is 0.495 e. The Kier molecular flexibility index (Phi) is 8.66. The molecule has 0 saturated heterocycles. The van der Waals surface area contributed by atoms with Gasteiger partial charge in [-0.2, -0.15) is 0 Å². The van der Waals surface area contributed by atoms with Gasteiger partial charge in [0.2, 0.25) is 17.7 Å². The first-order valence-corrected chi connectivity index (χ1v) is 15.4. The predicted molar refractivity (Wildman–Crippen MR) is 183 cm³/mol. The Morgan fingerprint density at radius 3 is 2.54 bits per heavy atom. The van der Waals surface area contributed by atoms with Crippen molar-refractivity contribution >= 4 is 28.9 Å². The van der Waals surface area contributed by atoms with Crippen molar-refractivity contribution in [2.45, 2.75) is 6.54 Å². The SMILES string of the molecule is COc1cc(-c2nnc(CN(C)C)o2)ccc1Nc1nccc(-c2c(-c3cccc(C(=O)Nc4c(F)cccc4F)c3)nc3ccccn23)n1. The molecule has 7 rings (SSSR count). The molecule has 1 amide bonds. The molecule has 0 saturated carbocycles. The van der Waals surface area contributed by atoms with Gasteiger partial charge in [0.1, 0.15) is 28.7 Å². The number of aromatic nitrogens is 6. The van der Waals surface area contributed by atoms with Gasteiger partial charge < -0.3 is 24.7 Å². The number of rotatable bonds is 10. The van der Waals surface area contributed by atoms with Gasteiger partial charge in [0.15, 0.2) is 0 Å². The van der Waals surface area contributed by atoms with Gasteiger partial charge >= 0.3 is 0 Å². The zero-order chi connectivity index (χ0) is 34.8. The van der Waals surface area contributed by atoms with Crippen LogP contribution in [0.4, 0.5) is 26.1 Å². The number of hydrogen-bond donors (Lipinski definition) is 2. The van der Waals surface area contributed by atoms with Crippen LogP contribution < -0.4 is 15.4 Å². The van der Waals surface area contributed by atoms with E-state index in [0.29, 0.717) is 63.6 Å². The number of para-hydroxylation sites is 1. The molecule has 0 radical (unpaired) electrons. The Labute approximate surface area is 284 Å². The number of halogens is 2. The van der Waals surface area contributed by atoms with Crippen molar-refractivity contribution in [1.29, 1.82) is 0 Å². The fraction of sp³-hybridized carbons (Fsp3) is 0.111. The number of nitrogens with one attached hydrogen (secondary N) is 2. The standard InChI is InChI=1S/C36H29F2N9O3/c1-46(2)20-30-44-45-35(50-30)23-13-14-26(28(19-23)49-3)40-36-39-16-15-27(41-36)33-31(42-29-12-4-5-17-47(29)33)21-8-6-9-22(18-21)34(48)43-32-24(37)10-7-11-25(32)38/h4-19H,20H2,1-3H3,(H,43,48)(H,39,40,41).